The molecule has 22 heavy (non-hydrogen) atoms. The number of hydrogen-bond donors (Lipinski definition) is 0. The van der Waals surface area contributed by atoms with E-state index in [1.165, 1.54) is 5.56 Å². The molecule has 1 aliphatic heterocycles. The van der Waals surface area contributed by atoms with Crippen molar-refractivity contribution in [2.75, 3.05) is 6.54 Å². The second-order valence-electron chi connectivity index (χ2n) is 6.75. The number of rotatable bonds is 3. The highest BCUT2D eigenvalue weighted by molar-refractivity contribution is 14.1. The topological polar surface area (TPSA) is 38.8 Å². The van der Waals surface area contributed by atoms with E-state index in [4.69, 9.17) is 7.80 Å². The summed E-state index contributed by atoms with van der Waals surface area (Å²) in [5, 5.41) is 0. The maximum absolute atomic E-state index is 12.4. The van der Waals surface area contributed by atoms with E-state index in [0.717, 1.165) is 38.0 Å². The summed E-state index contributed by atoms with van der Waals surface area (Å²) in [4.78, 5) is 14.3. The number of halogens is 1. The molecule has 1 amide bonds. The predicted octanol–water partition coefficient (Wildman–Crippen LogP) is 4.75. The molecule has 5 heteroatoms. The molecule has 2 rings (SSSR count). The van der Waals surface area contributed by atoms with E-state index in [9.17, 15) is 4.79 Å². The van der Waals surface area contributed by atoms with Crippen molar-refractivity contribution in [2.24, 2.45) is 0 Å². The van der Waals surface area contributed by atoms with Gasteiger partial charge in [-0.3, -0.25) is 0 Å². The number of piperidine rings is 1. The Kier molecular flexibility index (Phi) is 5.94. The molecule has 1 unspecified atom stereocenters. The van der Waals surface area contributed by atoms with E-state index in [0.29, 0.717) is 0 Å². The highest BCUT2D eigenvalue weighted by atomic mass is 127. The first-order valence-electron chi connectivity index (χ1n) is 7.76. The van der Waals surface area contributed by atoms with Crippen molar-refractivity contribution in [1.82, 2.24) is 4.90 Å². The second kappa shape index (κ2) is 7.53. The zero-order valence-corrected chi connectivity index (χ0v) is 15.6. The van der Waals surface area contributed by atoms with Gasteiger partial charge in [0.15, 0.2) is 23.0 Å². The van der Waals surface area contributed by atoms with Gasteiger partial charge in [0.25, 0.3) is 0 Å². The molecule has 0 saturated carbocycles. The van der Waals surface area contributed by atoms with Crippen LogP contribution in [0.3, 0.4) is 0 Å². The normalized spacial score (nSPS) is 18.9. The van der Waals surface area contributed by atoms with Gasteiger partial charge in [-0.05, 0) is 64.2 Å². The van der Waals surface area contributed by atoms with Gasteiger partial charge < -0.3 is 12.7 Å². The summed E-state index contributed by atoms with van der Waals surface area (Å²) in [5.74, 6) is 0.845. The monoisotopic (exact) mass is 417 g/mol. The largest absolute Gasteiger partial charge is 0.444 e. The number of benzene rings is 1. The summed E-state index contributed by atoms with van der Waals surface area (Å²) in [6.07, 6.45) is 3.87. The molecular formula is C17H24INO3. The number of carbonyl (C=O) groups excluding carboxylic acids is 1. The SMILES string of the molecule is CC(C)(C)OC(=O)N1CCCCC1Cc1cccc(OI)c1. The first kappa shape index (κ1) is 17.4. The Morgan fingerprint density at radius 2 is 2.14 bits per heavy atom. The lowest BCUT2D eigenvalue weighted by atomic mass is 9.96. The van der Waals surface area contributed by atoms with Crippen molar-refractivity contribution in [3.63, 3.8) is 0 Å². The van der Waals surface area contributed by atoms with Gasteiger partial charge in [0.1, 0.15) is 11.4 Å². The minimum atomic E-state index is -0.450. The highest BCUT2D eigenvalue weighted by Gasteiger charge is 2.30. The Balaban J connectivity index is 2.07. The molecule has 1 aromatic rings. The fourth-order valence-electron chi connectivity index (χ4n) is 2.77. The maximum atomic E-state index is 12.4. The van der Waals surface area contributed by atoms with Crippen LogP contribution in [0.25, 0.3) is 0 Å². The Labute approximate surface area is 146 Å². The Bertz CT molecular complexity index is 513. The molecule has 0 radical (unpaired) electrons. The Hall–Kier alpha value is -0.980. The van der Waals surface area contributed by atoms with E-state index >= 15 is 0 Å². The van der Waals surface area contributed by atoms with Crippen molar-refractivity contribution < 1.29 is 12.6 Å². The predicted molar refractivity (Wildman–Crippen MR) is 95.4 cm³/mol. The number of amides is 1. The van der Waals surface area contributed by atoms with Crippen molar-refractivity contribution >= 4 is 29.1 Å². The van der Waals surface area contributed by atoms with Crippen LogP contribution in [0.15, 0.2) is 24.3 Å². The van der Waals surface area contributed by atoms with Crippen molar-refractivity contribution in [2.45, 2.75) is 58.1 Å². The summed E-state index contributed by atoms with van der Waals surface area (Å²) in [6.45, 7) is 6.50. The molecule has 0 aliphatic carbocycles. The maximum Gasteiger partial charge on any atom is 0.410 e. The fourth-order valence-corrected chi connectivity index (χ4v) is 3.04. The van der Waals surface area contributed by atoms with Crippen LogP contribution in [0.4, 0.5) is 4.79 Å². The molecule has 0 aromatic heterocycles. The van der Waals surface area contributed by atoms with Crippen LogP contribution in [-0.4, -0.2) is 29.2 Å². The fraction of sp³-hybridized carbons (Fsp3) is 0.588. The molecular weight excluding hydrogens is 393 g/mol. The summed E-state index contributed by atoms with van der Waals surface area (Å²) in [5.41, 5.74) is 0.739. The zero-order chi connectivity index (χ0) is 16.2. The summed E-state index contributed by atoms with van der Waals surface area (Å²) in [6, 6.07) is 8.25. The molecule has 1 atom stereocenters. The summed E-state index contributed by atoms with van der Waals surface area (Å²) >= 11 is 1.89. The van der Waals surface area contributed by atoms with Crippen LogP contribution in [0, 0.1) is 0 Å². The first-order valence-corrected chi connectivity index (χ1v) is 8.64. The highest BCUT2D eigenvalue weighted by Crippen LogP contribution is 2.25. The molecule has 1 aromatic carbocycles. The molecule has 1 saturated heterocycles. The smallest absolute Gasteiger partial charge is 0.410 e. The second-order valence-corrected chi connectivity index (χ2v) is 7.19. The summed E-state index contributed by atoms with van der Waals surface area (Å²) < 4.78 is 10.8. The van der Waals surface area contributed by atoms with Crippen molar-refractivity contribution in [3.8, 4) is 5.75 Å². The molecule has 1 aliphatic rings. The van der Waals surface area contributed by atoms with Crippen LogP contribution >= 0.6 is 23.0 Å². The molecule has 0 N–H and O–H groups in total. The number of hydrogen-bond acceptors (Lipinski definition) is 3. The first-order chi connectivity index (χ1) is 10.4. The third-order valence-electron chi connectivity index (χ3n) is 3.71. The lowest BCUT2D eigenvalue weighted by Gasteiger charge is -2.37. The van der Waals surface area contributed by atoms with Crippen LogP contribution in [-0.2, 0) is 11.2 Å². The third kappa shape index (κ3) is 5.04. The number of nitrogens with zero attached hydrogens (tertiary/aromatic N) is 1. The van der Waals surface area contributed by atoms with Crippen molar-refractivity contribution in [3.05, 3.63) is 29.8 Å². The molecule has 122 valence electrons. The van der Waals surface area contributed by atoms with Gasteiger partial charge in [-0.1, -0.05) is 12.1 Å². The zero-order valence-electron chi connectivity index (χ0n) is 13.5. The minimum Gasteiger partial charge on any atom is -0.444 e. The molecule has 1 fully saturated rings. The lowest BCUT2D eigenvalue weighted by Crippen LogP contribution is -2.47. The molecule has 1 heterocycles. The number of ether oxygens (including phenoxy) is 1. The van der Waals surface area contributed by atoms with Gasteiger partial charge in [-0.15, -0.1) is 0 Å². The van der Waals surface area contributed by atoms with E-state index in [1.54, 1.807) is 0 Å². The third-order valence-corrected chi connectivity index (χ3v) is 4.22. The van der Waals surface area contributed by atoms with Gasteiger partial charge in [0, 0.05) is 12.6 Å². The van der Waals surface area contributed by atoms with Gasteiger partial charge >= 0.3 is 6.09 Å². The lowest BCUT2D eigenvalue weighted by molar-refractivity contribution is 0.00995. The Morgan fingerprint density at radius 1 is 1.36 bits per heavy atom. The average Bonchev–Trinajstić information content (AvgIpc) is 2.46. The number of carbonyl (C=O) groups is 1. The van der Waals surface area contributed by atoms with E-state index in [-0.39, 0.29) is 12.1 Å². The standard InChI is InChI=1S/C17H24INO3/c1-17(2,3)21-16(20)19-10-5-4-8-14(19)11-13-7-6-9-15(12-13)22-18/h6-7,9,12,14H,4-5,8,10-11H2,1-3H3. The van der Waals surface area contributed by atoms with Crippen LogP contribution in [0.2, 0.25) is 0 Å². The molecule has 4 nitrogen and oxygen atoms in total. The van der Waals surface area contributed by atoms with Crippen LogP contribution in [0.1, 0.15) is 45.6 Å². The van der Waals surface area contributed by atoms with Crippen LogP contribution < -0.4 is 3.07 Å². The van der Waals surface area contributed by atoms with Gasteiger partial charge in [0.2, 0.25) is 0 Å². The van der Waals surface area contributed by atoms with E-state index < -0.39 is 5.60 Å². The molecule has 0 spiro atoms. The van der Waals surface area contributed by atoms with Crippen LogP contribution in [0.5, 0.6) is 5.75 Å². The van der Waals surface area contributed by atoms with Crippen molar-refractivity contribution in [1.29, 1.82) is 0 Å². The van der Waals surface area contributed by atoms with Gasteiger partial charge in [-0.2, -0.15) is 0 Å². The average molecular weight is 417 g/mol. The van der Waals surface area contributed by atoms with E-state index in [1.807, 2.05) is 66.9 Å². The quantitative estimate of drug-likeness (QED) is 0.667. The summed E-state index contributed by atoms with van der Waals surface area (Å²) in [7, 11) is 0. The Morgan fingerprint density at radius 3 is 2.82 bits per heavy atom. The molecule has 0 bridgehead atoms. The number of likely N-dealkylation sites (tertiary alicyclic amines) is 1. The van der Waals surface area contributed by atoms with E-state index in [2.05, 4.69) is 6.07 Å². The van der Waals surface area contributed by atoms with Gasteiger partial charge in [-0.25, -0.2) is 4.79 Å². The minimum absolute atomic E-state index is 0.196. The van der Waals surface area contributed by atoms with Gasteiger partial charge in [0.05, 0.1) is 0 Å².